The molecule has 0 radical (unpaired) electrons. The zero-order chi connectivity index (χ0) is 25.5. The van der Waals surface area contributed by atoms with Crippen molar-refractivity contribution in [2.24, 2.45) is 0 Å². The molecule has 13 heteroatoms. The largest absolute Gasteiger partial charge is 0.416 e. The Balaban J connectivity index is 1.54. The molecule has 0 saturated carbocycles. The Labute approximate surface area is 197 Å². The number of aliphatic hydroxyl groups is 1. The fourth-order valence-corrected chi connectivity index (χ4v) is 3.58. The number of rotatable bonds is 6. The Morgan fingerprint density at radius 2 is 1.91 bits per heavy atom. The average Bonchev–Trinajstić information content (AvgIpc) is 3.36. The number of carbonyl (C=O) groups excluding carboxylic acids is 1. The third-order valence-electron chi connectivity index (χ3n) is 5.73. The smallest absolute Gasteiger partial charge is 0.382 e. The highest BCUT2D eigenvalue weighted by molar-refractivity contribution is 6.05. The molecule has 0 spiro atoms. The van der Waals surface area contributed by atoms with Crippen LogP contribution in [0.1, 0.15) is 35.0 Å². The maximum atomic E-state index is 13.0. The van der Waals surface area contributed by atoms with Crippen LogP contribution in [-0.2, 0) is 6.54 Å². The molecule has 35 heavy (non-hydrogen) atoms. The number of nitrogens with one attached hydrogen (secondary N) is 1. The van der Waals surface area contributed by atoms with Gasteiger partial charge in [-0.15, -0.1) is 0 Å². The third-order valence-corrected chi connectivity index (χ3v) is 5.73. The average molecular weight is 488 g/mol. The maximum absolute atomic E-state index is 13.0. The van der Waals surface area contributed by atoms with Gasteiger partial charge in [-0.3, -0.25) is 14.5 Å². The summed E-state index contributed by atoms with van der Waals surface area (Å²) >= 11 is 0. The van der Waals surface area contributed by atoms with Crippen molar-refractivity contribution >= 4 is 22.9 Å². The first-order chi connectivity index (χ1) is 16.4. The molecule has 0 aliphatic heterocycles. The maximum Gasteiger partial charge on any atom is 0.416 e. The lowest BCUT2D eigenvalue weighted by atomic mass is 10.0. The van der Waals surface area contributed by atoms with Gasteiger partial charge in [-0.2, -0.15) is 23.4 Å². The van der Waals surface area contributed by atoms with E-state index in [2.05, 4.69) is 25.5 Å². The Kier molecular flexibility index (Phi) is 5.97. The van der Waals surface area contributed by atoms with Crippen molar-refractivity contribution in [1.29, 1.82) is 0 Å². The van der Waals surface area contributed by atoms with E-state index in [4.69, 9.17) is 5.73 Å². The first-order valence-corrected chi connectivity index (χ1v) is 10.6. The Bertz CT molecular complexity index is 1410. The van der Waals surface area contributed by atoms with E-state index >= 15 is 0 Å². The van der Waals surface area contributed by atoms with Gasteiger partial charge in [0.1, 0.15) is 11.8 Å². The summed E-state index contributed by atoms with van der Waals surface area (Å²) < 4.78 is 41.4. The number of carbonyl (C=O) groups is 1. The van der Waals surface area contributed by atoms with Crippen LogP contribution in [0.2, 0.25) is 0 Å². The van der Waals surface area contributed by atoms with Gasteiger partial charge in [0.15, 0.2) is 11.4 Å². The van der Waals surface area contributed by atoms with Gasteiger partial charge in [-0.05, 0) is 38.5 Å². The molecule has 4 aromatic rings. The van der Waals surface area contributed by atoms with E-state index < -0.39 is 24.1 Å². The summed E-state index contributed by atoms with van der Waals surface area (Å²) in [6, 6.07) is 3.54. The van der Waals surface area contributed by atoms with Crippen LogP contribution in [0, 0.1) is 13.8 Å². The number of aromatic nitrogens is 6. The molecule has 0 aromatic carbocycles. The predicted molar refractivity (Wildman–Crippen MR) is 122 cm³/mol. The number of halogens is 3. The Morgan fingerprint density at radius 1 is 1.17 bits per heavy atom. The summed E-state index contributed by atoms with van der Waals surface area (Å²) in [6.45, 7) is 4.07. The van der Waals surface area contributed by atoms with E-state index in [9.17, 15) is 23.1 Å². The van der Waals surface area contributed by atoms with Gasteiger partial charge in [0.2, 0.25) is 0 Å². The van der Waals surface area contributed by atoms with Gasteiger partial charge in [0.25, 0.3) is 5.91 Å². The fourth-order valence-electron chi connectivity index (χ4n) is 3.58. The molecule has 1 amide bonds. The minimum Gasteiger partial charge on any atom is -0.382 e. The topological polar surface area (TPSA) is 136 Å². The van der Waals surface area contributed by atoms with Gasteiger partial charge in [-0.1, -0.05) is 0 Å². The Morgan fingerprint density at radius 3 is 2.63 bits per heavy atom. The normalized spacial score (nSPS) is 13.7. The zero-order valence-electron chi connectivity index (χ0n) is 19.1. The van der Waals surface area contributed by atoms with Crippen LogP contribution in [0.3, 0.4) is 0 Å². The molecule has 0 saturated heterocycles. The molecule has 0 aliphatic rings. The minimum absolute atomic E-state index is 0.190. The SMILES string of the molecule is Cc1ncc(-c2cc(C)c3c(N)ncnn23)cc1C(=O)Nc1cnn(CCC(C)(O)C(F)(F)F)c1. The first-order valence-electron chi connectivity index (χ1n) is 10.6. The highest BCUT2D eigenvalue weighted by atomic mass is 19.4. The van der Waals surface area contributed by atoms with E-state index in [1.165, 1.54) is 23.4 Å². The number of hydrogen-bond acceptors (Lipinski definition) is 7. The molecule has 0 aliphatic carbocycles. The van der Waals surface area contributed by atoms with Crippen LogP contribution in [0.25, 0.3) is 16.8 Å². The van der Waals surface area contributed by atoms with Gasteiger partial charge >= 0.3 is 6.18 Å². The van der Waals surface area contributed by atoms with Gasteiger partial charge in [0, 0.05) is 30.9 Å². The molecule has 4 heterocycles. The Hall–Kier alpha value is -4.00. The molecule has 184 valence electrons. The number of nitrogens with two attached hydrogens (primary N) is 1. The summed E-state index contributed by atoms with van der Waals surface area (Å²) in [6.07, 6.45) is 0.323. The third kappa shape index (κ3) is 4.67. The molecule has 4 N–H and O–H groups in total. The number of anilines is 2. The molecule has 0 fully saturated rings. The predicted octanol–water partition coefficient (Wildman–Crippen LogP) is 3.14. The molecule has 1 atom stereocenters. The zero-order valence-corrected chi connectivity index (χ0v) is 19.1. The summed E-state index contributed by atoms with van der Waals surface area (Å²) in [7, 11) is 0. The lowest BCUT2D eigenvalue weighted by Gasteiger charge is -2.25. The lowest BCUT2D eigenvalue weighted by molar-refractivity contribution is -0.255. The lowest BCUT2D eigenvalue weighted by Crippen LogP contribution is -2.42. The van der Waals surface area contributed by atoms with Crippen molar-refractivity contribution in [2.45, 2.75) is 45.5 Å². The van der Waals surface area contributed by atoms with Crippen LogP contribution in [-0.4, -0.2) is 52.2 Å². The number of aryl methyl sites for hydroxylation is 3. The van der Waals surface area contributed by atoms with Gasteiger partial charge in [-0.25, -0.2) is 9.50 Å². The first kappa shape index (κ1) is 24.1. The molecule has 1 unspecified atom stereocenters. The van der Waals surface area contributed by atoms with E-state index in [1.54, 1.807) is 23.7 Å². The number of alkyl halides is 3. The van der Waals surface area contributed by atoms with Crippen LogP contribution < -0.4 is 11.1 Å². The highest BCUT2D eigenvalue weighted by Crippen LogP contribution is 2.33. The van der Waals surface area contributed by atoms with Crippen molar-refractivity contribution in [3.05, 3.63) is 53.9 Å². The second kappa shape index (κ2) is 8.65. The number of amides is 1. The standard InChI is InChI=1S/C22H23F3N8O2/c1-12-6-17(33-18(12)19(26)28-11-30-33)14-7-16(13(2)27-8-14)20(34)31-15-9-29-32(10-15)5-4-21(3,35)22(23,24)25/h6-11,35H,4-5H2,1-3H3,(H,31,34)(H2,26,28,30). The van der Waals surface area contributed by atoms with Crippen molar-refractivity contribution in [1.82, 2.24) is 29.4 Å². The summed E-state index contributed by atoms with van der Waals surface area (Å²) in [5.41, 5.74) is 7.02. The number of fused-ring (bicyclic) bond motifs is 1. The quantitative estimate of drug-likeness (QED) is 0.379. The second-order valence-electron chi connectivity index (χ2n) is 8.44. The van der Waals surface area contributed by atoms with Crippen LogP contribution in [0.15, 0.2) is 37.1 Å². The van der Waals surface area contributed by atoms with Gasteiger partial charge < -0.3 is 16.2 Å². The van der Waals surface area contributed by atoms with Gasteiger partial charge in [0.05, 0.1) is 28.8 Å². The molecular weight excluding hydrogens is 465 g/mol. The van der Waals surface area contributed by atoms with E-state index in [1.807, 2.05) is 13.0 Å². The van der Waals surface area contributed by atoms with E-state index in [-0.39, 0.29) is 12.2 Å². The van der Waals surface area contributed by atoms with E-state index in [0.717, 1.165) is 5.56 Å². The number of hydrogen-bond donors (Lipinski definition) is 3. The van der Waals surface area contributed by atoms with Crippen molar-refractivity contribution in [3.63, 3.8) is 0 Å². The minimum atomic E-state index is -4.76. The van der Waals surface area contributed by atoms with Crippen molar-refractivity contribution in [2.75, 3.05) is 11.1 Å². The monoisotopic (exact) mass is 488 g/mol. The summed E-state index contributed by atoms with van der Waals surface area (Å²) in [4.78, 5) is 21.3. The second-order valence-corrected chi connectivity index (χ2v) is 8.44. The number of nitrogens with zero attached hydrogens (tertiary/aromatic N) is 6. The molecule has 4 rings (SSSR count). The molecule has 0 bridgehead atoms. The number of pyridine rings is 1. The molecular formula is C22H23F3N8O2. The van der Waals surface area contributed by atoms with Crippen LogP contribution >= 0.6 is 0 Å². The van der Waals surface area contributed by atoms with Crippen LogP contribution in [0.5, 0.6) is 0 Å². The summed E-state index contributed by atoms with van der Waals surface area (Å²) in [5.74, 6) is -0.138. The number of nitrogen functional groups attached to an aromatic ring is 1. The fraction of sp³-hybridized carbons (Fsp3) is 0.318. The van der Waals surface area contributed by atoms with Crippen molar-refractivity contribution in [3.8, 4) is 11.3 Å². The van der Waals surface area contributed by atoms with Crippen LogP contribution in [0.4, 0.5) is 24.7 Å². The molecule has 4 aromatic heterocycles. The van der Waals surface area contributed by atoms with Crippen molar-refractivity contribution < 1.29 is 23.1 Å². The molecule has 10 nitrogen and oxygen atoms in total. The highest BCUT2D eigenvalue weighted by Gasteiger charge is 2.49. The van der Waals surface area contributed by atoms with E-state index in [0.29, 0.717) is 40.8 Å². The summed E-state index contributed by atoms with van der Waals surface area (Å²) in [5, 5.41) is 20.5.